The summed E-state index contributed by atoms with van der Waals surface area (Å²) >= 11 is 1.62. The van der Waals surface area contributed by atoms with E-state index in [0.29, 0.717) is 6.54 Å². The molecule has 3 aromatic rings. The van der Waals surface area contributed by atoms with Gasteiger partial charge in [0.2, 0.25) is 0 Å². The maximum atomic E-state index is 5.61. The molecule has 0 atom stereocenters. The van der Waals surface area contributed by atoms with Crippen LogP contribution in [0.15, 0.2) is 42.7 Å². The van der Waals surface area contributed by atoms with Gasteiger partial charge in [-0.25, -0.2) is 4.98 Å². The summed E-state index contributed by atoms with van der Waals surface area (Å²) in [4.78, 5) is 9.92. The van der Waals surface area contributed by atoms with Crippen molar-refractivity contribution in [3.05, 3.63) is 47.6 Å². The number of rotatable bonds is 2. The number of aromatic nitrogens is 2. The van der Waals surface area contributed by atoms with Crippen molar-refractivity contribution in [1.29, 1.82) is 0 Å². The summed E-state index contributed by atoms with van der Waals surface area (Å²) in [5, 5.41) is 2.12. The van der Waals surface area contributed by atoms with E-state index in [4.69, 9.17) is 5.73 Å². The first-order valence-electron chi connectivity index (χ1n) is 5.37. The zero-order valence-corrected chi connectivity index (χ0v) is 9.95. The lowest BCUT2D eigenvalue weighted by molar-refractivity contribution is 1.10. The molecule has 3 rings (SSSR count). The third kappa shape index (κ3) is 1.81. The van der Waals surface area contributed by atoms with Gasteiger partial charge in [0.1, 0.15) is 5.01 Å². The number of benzene rings is 1. The van der Waals surface area contributed by atoms with Crippen LogP contribution in [0.4, 0.5) is 0 Å². The monoisotopic (exact) mass is 241 g/mol. The molecule has 0 spiro atoms. The predicted octanol–water partition coefficient (Wildman–Crippen LogP) is 2.82. The molecule has 0 aliphatic heterocycles. The minimum absolute atomic E-state index is 0.538. The van der Waals surface area contributed by atoms with Crippen molar-refractivity contribution in [3.63, 3.8) is 0 Å². The van der Waals surface area contributed by atoms with Crippen LogP contribution in [0.2, 0.25) is 0 Å². The van der Waals surface area contributed by atoms with Crippen molar-refractivity contribution in [3.8, 4) is 10.6 Å². The summed E-state index contributed by atoms with van der Waals surface area (Å²) in [6.07, 6.45) is 3.64. The van der Waals surface area contributed by atoms with Gasteiger partial charge in [-0.05, 0) is 12.1 Å². The molecule has 0 saturated carbocycles. The van der Waals surface area contributed by atoms with Crippen molar-refractivity contribution in [2.45, 2.75) is 6.54 Å². The Bertz CT molecular complexity index is 655. The maximum Gasteiger partial charge on any atom is 0.125 e. The fourth-order valence-electron chi connectivity index (χ4n) is 1.80. The van der Waals surface area contributed by atoms with Crippen LogP contribution < -0.4 is 5.73 Å². The van der Waals surface area contributed by atoms with Crippen molar-refractivity contribution in [2.75, 3.05) is 0 Å². The molecule has 0 saturated heterocycles. The van der Waals surface area contributed by atoms with Crippen LogP contribution in [0.25, 0.3) is 21.5 Å². The Morgan fingerprint density at radius 1 is 1.12 bits per heavy atom. The van der Waals surface area contributed by atoms with Crippen LogP contribution in [0, 0.1) is 0 Å². The van der Waals surface area contributed by atoms with Gasteiger partial charge < -0.3 is 5.73 Å². The lowest BCUT2D eigenvalue weighted by atomic mass is 10.1. The molecule has 17 heavy (non-hydrogen) atoms. The summed E-state index contributed by atoms with van der Waals surface area (Å²) in [7, 11) is 0. The summed E-state index contributed by atoms with van der Waals surface area (Å²) in [5.74, 6) is 0. The van der Waals surface area contributed by atoms with Gasteiger partial charge in [-0.2, -0.15) is 0 Å². The largest absolute Gasteiger partial charge is 0.326 e. The zero-order chi connectivity index (χ0) is 11.7. The van der Waals surface area contributed by atoms with Crippen LogP contribution in [-0.2, 0) is 6.54 Å². The first-order valence-corrected chi connectivity index (χ1v) is 6.19. The Balaban J connectivity index is 2.23. The van der Waals surface area contributed by atoms with Crippen molar-refractivity contribution in [1.82, 2.24) is 9.97 Å². The van der Waals surface area contributed by atoms with E-state index in [0.717, 1.165) is 26.4 Å². The fourth-order valence-corrected chi connectivity index (χ4v) is 2.62. The van der Waals surface area contributed by atoms with Crippen LogP contribution in [-0.4, -0.2) is 9.97 Å². The van der Waals surface area contributed by atoms with Crippen molar-refractivity contribution in [2.24, 2.45) is 5.73 Å². The summed E-state index contributed by atoms with van der Waals surface area (Å²) in [6, 6.07) is 10.1. The number of para-hydroxylation sites is 1. The van der Waals surface area contributed by atoms with Gasteiger partial charge in [-0.1, -0.05) is 18.2 Å². The molecular formula is C13H11N3S. The molecular weight excluding hydrogens is 230 g/mol. The van der Waals surface area contributed by atoms with Gasteiger partial charge in [0.25, 0.3) is 0 Å². The Hall–Kier alpha value is -1.78. The maximum absolute atomic E-state index is 5.61. The second-order valence-corrected chi connectivity index (χ2v) is 4.83. The third-order valence-electron chi connectivity index (χ3n) is 2.62. The minimum Gasteiger partial charge on any atom is -0.326 e. The number of thiazole rings is 1. The average Bonchev–Trinajstić information content (AvgIpc) is 2.87. The highest BCUT2D eigenvalue weighted by molar-refractivity contribution is 7.15. The second kappa shape index (κ2) is 4.24. The Morgan fingerprint density at radius 3 is 2.82 bits per heavy atom. The molecule has 0 fully saturated rings. The van der Waals surface area contributed by atoms with E-state index >= 15 is 0 Å². The molecule has 2 heterocycles. The minimum atomic E-state index is 0.538. The Labute approximate surface area is 103 Å². The second-order valence-electron chi connectivity index (χ2n) is 3.72. The Morgan fingerprint density at radius 2 is 2.00 bits per heavy atom. The highest BCUT2D eigenvalue weighted by Crippen LogP contribution is 2.30. The summed E-state index contributed by atoms with van der Waals surface area (Å²) in [6.45, 7) is 0.538. The topological polar surface area (TPSA) is 51.8 Å². The van der Waals surface area contributed by atoms with Crippen LogP contribution in [0.3, 0.4) is 0 Å². The average molecular weight is 241 g/mol. The smallest absolute Gasteiger partial charge is 0.125 e. The highest BCUT2D eigenvalue weighted by atomic mass is 32.1. The van der Waals surface area contributed by atoms with Gasteiger partial charge >= 0.3 is 0 Å². The molecule has 2 aromatic heterocycles. The van der Waals surface area contributed by atoms with E-state index in [1.165, 1.54) is 0 Å². The molecule has 1 aromatic carbocycles. The molecule has 0 bridgehead atoms. The van der Waals surface area contributed by atoms with Gasteiger partial charge in [-0.3, -0.25) is 4.98 Å². The quantitative estimate of drug-likeness (QED) is 0.750. The zero-order valence-electron chi connectivity index (χ0n) is 9.13. The summed E-state index contributed by atoms with van der Waals surface area (Å²) < 4.78 is 0. The van der Waals surface area contributed by atoms with Crippen molar-refractivity contribution >= 4 is 22.2 Å². The number of fused-ring (bicyclic) bond motifs is 1. The van der Waals surface area contributed by atoms with Crippen LogP contribution in [0.1, 0.15) is 4.88 Å². The highest BCUT2D eigenvalue weighted by Gasteiger charge is 2.08. The van der Waals surface area contributed by atoms with E-state index in [9.17, 15) is 0 Å². The van der Waals surface area contributed by atoms with Gasteiger partial charge in [0.15, 0.2) is 0 Å². The van der Waals surface area contributed by atoms with E-state index in [-0.39, 0.29) is 0 Å². The molecule has 84 valence electrons. The first-order chi connectivity index (χ1) is 8.38. The van der Waals surface area contributed by atoms with Gasteiger partial charge in [-0.15, -0.1) is 11.3 Å². The molecule has 0 radical (unpaired) electrons. The molecule has 4 heteroatoms. The molecule has 0 aliphatic rings. The normalized spacial score (nSPS) is 10.9. The van der Waals surface area contributed by atoms with Crippen LogP contribution >= 0.6 is 11.3 Å². The fraction of sp³-hybridized carbons (Fsp3) is 0.0769. The molecule has 0 amide bonds. The van der Waals surface area contributed by atoms with Gasteiger partial charge in [0.05, 0.1) is 5.52 Å². The molecule has 0 aliphatic carbocycles. The molecule has 2 N–H and O–H groups in total. The number of pyridine rings is 1. The first kappa shape index (κ1) is 10.4. The third-order valence-corrected chi connectivity index (χ3v) is 3.67. The van der Waals surface area contributed by atoms with Gasteiger partial charge in [0, 0.05) is 34.8 Å². The SMILES string of the molecule is NCc1cnc(-c2cccc3cccnc23)s1. The number of nitrogens with two attached hydrogens (primary N) is 1. The standard InChI is InChI=1S/C13H11N3S/c14-7-10-8-16-13(17-10)11-5-1-3-9-4-2-6-15-12(9)11/h1-6,8H,7,14H2. The van der Waals surface area contributed by atoms with E-state index in [1.807, 2.05) is 24.5 Å². The number of nitrogens with zero attached hydrogens (tertiary/aromatic N) is 2. The van der Waals surface area contributed by atoms with E-state index in [1.54, 1.807) is 11.3 Å². The predicted molar refractivity (Wildman–Crippen MR) is 70.7 cm³/mol. The summed E-state index contributed by atoms with van der Waals surface area (Å²) in [5.41, 5.74) is 7.68. The molecule has 0 unspecified atom stereocenters. The number of hydrogen-bond acceptors (Lipinski definition) is 4. The lowest BCUT2D eigenvalue weighted by Crippen LogP contribution is -1.91. The Kier molecular flexibility index (Phi) is 2.59. The molecule has 3 nitrogen and oxygen atoms in total. The van der Waals surface area contributed by atoms with Crippen molar-refractivity contribution < 1.29 is 0 Å². The van der Waals surface area contributed by atoms with Crippen LogP contribution in [0.5, 0.6) is 0 Å². The lowest BCUT2D eigenvalue weighted by Gasteiger charge is -2.01. The van der Waals surface area contributed by atoms with E-state index in [2.05, 4.69) is 28.2 Å². The number of hydrogen-bond donors (Lipinski definition) is 1. The van der Waals surface area contributed by atoms with E-state index < -0.39 is 0 Å².